The van der Waals surface area contributed by atoms with Crippen LogP contribution in [0.2, 0.25) is 0 Å². The fraction of sp³-hybridized carbons (Fsp3) is 0.615. The van der Waals surface area contributed by atoms with Crippen LogP contribution in [0.1, 0.15) is 19.6 Å². The molecule has 0 bridgehead atoms. The minimum absolute atomic E-state index is 0.0937. The van der Waals surface area contributed by atoms with Gasteiger partial charge < -0.3 is 24.8 Å². The van der Waals surface area contributed by atoms with Gasteiger partial charge in [0.25, 0.3) is 0 Å². The molecule has 1 fully saturated rings. The molecule has 1 amide bonds. The van der Waals surface area contributed by atoms with Gasteiger partial charge >= 0.3 is 11.8 Å². The SMILES string of the molecule is CCCOC(=O)Nc1ccn(C2O[C@@](CO)(N=[N+]=[N-])[C@@H](O)[C@H]2O)c(=O)n1. The Labute approximate surface area is 146 Å². The van der Waals surface area contributed by atoms with Crippen LogP contribution in [-0.2, 0) is 9.47 Å². The lowest BCUT2D eigenvalue weighted by Crippen LogP contribution is -2.44. The molecule has 1 aliphatic rings. The van der Waals surface area contributed by atoms with Crippen molar-refractivity contribution in [3.63, 3.8) is 0 Å². The molecule has 13 nitrogen and oxygen atoms in total. The normalized spacial score (nSPS) is 27.6. The van der Waals surface area contributed by atoms with Gasteiger partial charge in [-0.25, -0.2) is 9.59 Å². The number of carbonyl (C=O) groups excluding carboxylic acids is 1. The fourth-order valence-electron chi connectivity index (χ4n) is 2.32. The average molecular weight is 370 g/mol. The van der Waals surface area contributed by atoms with Crippen LogP contribution in [0.15, 0.2) is 22.2 Å². The third-order valence-electron chi connectivity index (χ3n) is 3.61. The average Bonchev–Trinajstić information content (AvgIpc) is 2.86. The standard InChI is InChI=1S/C13H18N6O7/c1-2-5-25-12(24)16-7-3-4-19(11(23)15-7)10-8(21)9(22)13(6-20,26-10)17-18-14/h3-4,8-10,20-22H,2,5-6H2,1H3,(H,15,16,23,24)/t8-,9+,10?,13-/m1/s1. The van der Waals surface area contributed by atoms with Gasteiger partial charge in [-0.3, -0.25) is 9.88 Å². The molecule has 0 saturated carbocycles. The maximum Gasteiger partial charge on any atom is 0.412 e. The Morgan fingerprint density at radius 1 is 1.62 bits per heavy atom. The smallest absolute Gasteiger partial charge is 0.412 e. The van der Waals surface area contributed by atoms with Crippen molar-refractivity contribution in [2.24, 2.45) is 5.11 Å². The molecule has 1 aliphatic heterocycles. The first-order valence-electron chi connectivity index (χ1n) is 7.62. The topological polar surface area (TPSA) is 192 Å². The maximum atomic E-state index is 12.2. The zero-order chi connectivity index (χ0) is 19.3. The van der Waals surface area contributed by atoms with Crippen LogP contribution >= 0.6 is 0 Å². The highest BCUT2D eigenvalue weighted by molar-refractivity contribution is 5.83. The van der Waals surface area contributed by atoms with Crippen LogP contribution in [0.25, 0.3) is 10.4 Å². The van der Waals surface area contributed by atoms with Crippen molar-refractivity contribution in [1.82, 2.24) is 9.55 Å². The van der Waals surface area contributed by atoms with Crippen LogP contribution in [0.4, 0.5) is 10.6 Å². The largest absolute Gasteiger partial charge is 0.449 e. The van der Waals surface area contributed by atoms with E-state index in [1.807, 2.05) is 6.92 Å². The lowest BCUT2D eigenvalue weighted by atomic mass is 10.1. The van der Waals surface area contributed by atoms with Gasteiger partial charge in [0.05, 0.1) is 13.2 Å². The molecule has 4 atom stereocenters. The summed E-state index contributed by atoms with van der Waals surface area (Å²) in [6, 6.07) is 1.24. The van der Waals surface area contributed by atoms with Crippen molar-refractivity contribution in [1.29, 1.82) is 0 Å². The quantitative estimate of drug-likeness (QED) is 0.291. The number of aromatic nitrogens is 2. The van der Waals surface area contributed by atoms with E-state index in [0.717, 1.165) is 10.8 Å². The molecule has 1 saturated heterocycles. The maximum absolute atomic E-state index is 12.2. The van der Waals surface area contributed by atoms with E-state index in [4.69, 9.17) is 15.0 Å². The summed E-state index contributed by atoms with van der Waals surface area (Å²) in [7, 11) is 0. The Hall–Kier alpha value is -2.70. The van der Waals surface area contributed by atoms with E-state index in [2.05, 4.69) is 20.3 Å². The number of ether oxygens (including phenoxy) is 2. The molecule has 2 heterocycles. The van der Waals surface area contributed by atoms with Crippen molar-refractivity contribution in [2.75, 3.05) is 18.5 Å². The number of hydrogen-bond donors (Lipinski definition) is 4. The highest BCUT2D eigenvalue weighted by Gasteiger charge is 2.54. The highest BCUT2D eigenvalue weighted by Crippen LogP contribution is 2.37. The summed E-state index contributed by atoms with van der Waals surface area (Å²) in [5.41, 5.74) is 5.50. The van der Waals surface area contributed by atoms with Crippen LogP contribution in [0.3, 0.4) is 0 Å². The molecule has 1 aromatic heterocycles. The first-order chi connectivity index (χ1) is 12.4. The zero-order valence-electron chi connectivity index (χ0n) is 13.7. The number of nitrogens with one attached hydrogen (secondary N) is 1. The van der Waals surface area contributed by atoms with Gasteiger partial charge in [-0.05, 0) is 18.0 Å². The molecule has 0 aliphatic carbocycles. The molecule has 2 rings (SSSR count). The number of carbonyl (C=O) groups is 1. The Kier molecular flexibility index (Phi) is 6.13. The fourth-order valence-corrected chi connectivity index (χ4v) is 2.32. The van der Waals surface area contributed by atoms with Crippen LogP contribution < -0.4 is 11.0 Å². The first kappa shape index (κ1) is 19.6. The molecule has 142 valence electrons. The second-order valence-corrected chi connectivity index (χ2v) is 5.40. The number of amides is 1. The predicted octanol–water partition coefficient (Wildman–Crippen LogP) is -0.549. The van der Waals surface area contributed by atoms with Gasteiger partial charge in [-0.1, -0.05) is 12.0 Å². The van der Waals surface area contributed by atoms with Gasteiger partial charge in [0, 0.05) is 11.1 Å². The van der Waals surface area contributed by atoms with Crippen LogP contribution in [0.5, 0.6) is 0 Å². The van der Waals surface area contributed by atoms with Crippen molar-refractivity contribution >= 4 is 11.9 Å². The summed E-state index contributed by atoms with van der Waals surface area (Å²) >= 11 is 0. The molecule has 1 aromatic rings. The molecule has 0 spiro atoms. The van der Waals surface area contributed by atoms with Crippen molar-refractivity contribution in [3.05, 3.63) is 33.2 Å². The lowest BCUT2D eigenvalue weighted by molar-refractivity contribution is -0.125. The summed E-state index contributed by atoms with van der Waals surface area (Å²) in [6.45, 7) is 1.10. The Morgan fingerprint density at radius 2 is 2.35 bits per heavy atom. The molecule has 1 unspecified atom stereocenters. The van der Waals surface area contributed by atoms with E-state index in [1.54, 1.807) is 0 Å². The number of aliphatic hydroxyl groups excluding tert-OH is 3. The van der Waals surface area contributed by atoms with Gasteiger partial charge in [0.15, 0.2) is 6.23 Å². The summed E-state index contributed by atoms with van der Waals surface area (Å²) in [4.78, 5) is 29.7. The minimum atomic E-state index is -2.14. The first-order valence-corrected chi connectivity index (χ1v) is 7.62. The van der Waals surface area contributed by atoms with Gasteiger partial charge in [0.2, 0.25) is 5.72 Å². The van der Waals surface area contributed by atoms with E-state index in [1.165, 1.54) is 6.07 Å². The number of nitrogens with zero attached hydrogens (tertiary/aromatic N) is 5. The Balaban J connectivity index is 2.23. The number of anilines is 1. The molecular weight excluding hydrogens is 352 g/mol. The van der Waals surface area contributed by atoms with E-state index in [9.17, 15) is 24.9 Å². The number of aliphatic hydroxyl groups is 3. The second-order valence-electron chi connectivity index (χ2n) is 5.40. The lowest BCUT2D eigenvalue weighted by Gasteiger charge is -2.23. The summed E-state index contributed by atoms with van der Waals surface area (Å²) in [6.07, 6.45) is -3.94. The predicted molar refractivity (Wildman–Crippen MR) is 84.9 cm³/mol. The molecule has 0 aromatic carbocycles. The monoisotopic (exact) mass is 370 g/mol. The highest BCUT2D eigenvalue weighted by atomic mass is 16.6. The van der Waals surface area contributed by atoms with Gasteiger partial charge in [-0.2, -0.15) is 4.98 Å². The molecule has 0 radical (unpaired) electrons. The molecule has 4 N–H and O–H groups in total. The van der Waals surface area contributed by atoms with Crippen LogP contribution in [-0.4, -0.2) is 62.1 Å². The van der Waals surface area contributed by atoms with E-state index in [0.29, 0.717) is 6.42 Å². The van der Waals surface area contributed by atoms with Gasteiger partial charge in [-0.15, -0.1) is 0 Å². The Bertz CT molecular complexity index is 764. The zero-order valence-corrected chi connectivity index (χ0v) is 13.7. The third kappa shape index (κ3) is 3.76. The van der Waals surface area contributed by atoms with E-state index < -0.39 is 42.6 Å². The van der Waals surface area contributed by atoms with Gasteiger partial charge in [0.1, 0.15) is 18.0 Å². The van der Waals surface area contributed by atoms with Crippen molar-refractivity contribution in [3.8, 4) is 0 Å². The number of azide groups is 1. The molecule has 13 heteroatoms. The minimum Gasteiger partial charge on any atom is -0.449 e. The Morgan fingerprint density at radius 3 is 2.92 bits per heavy atom. The van der Waals surface area contributed by atoms with E-state index >= 15 is 0 Å². The van der Waals surface area contributed by atoms with Crippen molar-refractivity contribution in [2.45, 2.75) is 37.5 Å². The van der Waals surface area contributed by atoms with Crippen molar-refractivity contribution < 1.29 is 29.6 Å². The number of hydrogen-bond acceptors (Lipinski definition) is 9. The van der Waals surface area contributed by atoms with E-state index in [-0.39, 0.29) is 12.4 Å². The summed E-state index contributed by atoms with van der Waals surface area (Å²) in [5, 5.41) is 34.9. The number of rotatable bonds is 6. The molecule has 26 heavy (non-hydrogen) atoms. The second kappa shape index (κ2) is 8.12. The van der Waals surface area contributed by atoms with Crippen LogP contribution in [0, 0.1) is 0 Å². The third-order valence-corrected chi connectivity index (χ3v) is 3.61. The molecular formula is C13H18N6O7. The summed E-state index contributed by atoms with van der Waals surface area (Å²) in [5.74, 6) is -0.0937. The summed E-state index contributed by atoms with van der Waals surface area (Å²) < 4.78 is 10.9.